The monoisotopic (exact) mass is 603 g/mol. The molecule has 0 spiro atoms. The fraction of sp³-hybridized carbons (Fsp3) is 0.536. The van der Waals surface area contributed by atoms with E-state index in [2.05, 4.69) is 10.3 Å². The zero-order chi connectivity index (χ0) is 29.9. The van der Waals surface area contributed by atoms with Crippen LogP contribution in [0.2, 0.25) is 0 Å². The summed E-state index contributed by atoms with van der Waals surface area (Å²) in [5.74, 6) is 0.0644. The van der Waals surface area contributed by atoms with Crippen molar-refractivity contribution in [1.82, 2.24) is 19.7 Å². The average molecular weight is 604 g/mol. The van der Waals surface area contributed by atoms with Gasteiger partial charge in [-0.05, 0) is 58.2 Å². The third kappa shape index (κ3) is 7.50. The zero-order valence-corrected chi connectivity index (χ0v) is 25.9. The molecule has 1 aromatic carbocycles. The summed E-state index contributed by atoms with van der Waals surface area (Å²) >= 11 is 2.77. The van der Waals surface area contributed by atoms with Crippen molar-refractivity contribution in [2.75, 3.05) is 45.2 Å². The molecule has 11 nitrogen and oxygen atoms in total. The van der Waals surface area contributed by atoms with Crippen LogP contribution in [0.15, 0.2) is 27.4 Å². The van der Waals surface area contributed by atoms with Crippen LogP contribution in [0, 0.1) is 6.92 Å². The van der Waals surface area contributed by atoms with Gasteiger partial charge in [-0.15, -0.1) is 0 Å². The molecule has 41 heavy (non-hydrogen) atoms. The molecule has 1 atom stereocenters. The van der Waals surface area contributed by atoms with Crippen LogP contribution in [0.25, 0.3) is 0 Å². The van der Waals surface area contributed by atoms with Gasteiger partial charge in [-0.1, -0.05) is 23.1 Å². The summed E-state index contributed by atoms with van der Waals surface area (Å²) < 4.78 is 11.8. The van der Waals surface area contributed by atoms with Crippen molar-refractivity contribution in [3.05, 3.63) is 29.5 Å². The highest BCUT2D eigenvalue weighted by Crippen LogP contribution is 2.38. The molecule has 0 saturated carbocycles. The number of likely N-dealkylation sites (tertiary alicyclic amines) is 1. The van der Waals surface area contributed by atoms with Crippen LogP contribution in [-0.2, 0) is 14.3 Å². The van der Waals surface area contributed by atoms with Crippen molar-refractivity contribution in [2.24, 2.45) is 0 Å². The first-order valence-electron chi connectivity index (χ1n) is 13.5. The van der Waals surface area contributed by atoms with E-state index in [-0.39, 0.29) is 17.7 Å². The molecule has 0 unspecified atom stereocenters. The van der Waals surface area contributed by atoms with E-state index < -0.39 is 17.7 Å². The highest BCUT2D eigenvalue weighted by molar-refractivity contribution is 8.01. The number of benzene rings is 1. The molecular weight excluding hydrogens is 566 g/mol. The summed E-state index contributed by atoms with van der Waals surface area (Å²) in [6.45, 7) is 11.3. The molecule has 4 rings (SSSR count). The third-order valence-electron chi connectivity index (χ3n) is 6.85. The molecule has 0 radical (unpaired) electrons. The normalized spacial score (nSPS) is 17.4. The maximum Gasteiger partial charge on any atom is 0.410 e. The molecule has 1 N–H and O–H groups in total. The lowest BCUT2D eigenvalue weighted by molar-refractivity contribution is -0.130. The van der Waals surface area contributed by atoms with Crippen LogP contribution in [0.3, 0.4) is 0 Å². The number of thiazole rings is 1. The van der Waals surface area contributed by atoms with E-state index in [0.29, 0.717) is 55.6 Å². The fourth-order valence-electron chi connectivity index (χ4n) is 4.74. The van der Waals surface area contributed by atoms with Crippen LogP contribution in [0.5, 0.6) is 5.75 Å². The number of hydrogen-bond donors (Lipinski definition) is 1. The number of ether oxygens (including phenoxy) is 2. The third-order valence-corrected chi connectivity index (χ3v) is 9.02. The molecular formula is C28H37N5O6S2. The molecule has 0 aliphatic carbocycles. The minimum absolute atomic E-state index is 0.00688. The Kier molecular flexibility index (Phi) is 9.48. The lowest BCUT2D eigenvalue weighted by Crippen LogP contribution is -2.50. The second-order valence-corrected chi connectivity index (χ2v) is 13.4. The van der Waals surface area contributed by atoms with E-state index >= 15 is 0 Å². The minimum atomic E-state index is -0.642. The number of carbonyl (C=O) groups is 4. The van der Waals surface area contributed by atoms with Crippen molar-refractivity contribution in [2.45, 2.75) is 68.2 Å². The molecule has 13 heteroatoms. The van der Waals surface area contributed by atoms with E-state index in [1.54, 1.807) is 43.9 Å². The maximum atomic E-state index is 13.4. The van der Waals surface area contributed by atoms with Gasteiger partial charge < -0.3 is 24.6 Å². The SMILES string of the molecule is COc1cc(C)c(Sc2cnc(NC(=O)[C@@H]3CCCN3C(=O)OC(C)(C)C)s2)cc1C(=O)N1CCN(C(C)=O)CC1. The van der Waals surface area contributed by atoms with Gasteiger partial charge in [-0.3, -0.25) is 19.3 Å². The summed E-state index contributed by atoms with van der Waals surface area (Å²) in [7, 11) is 1.54. The maximum absolute atomic E-state index is 13.4. The highest BCUT2D eigenvalue weighted by atomic mass is 32.2. The Morgan fingerprint density at radius 2 is 1.76 bits per heavy atom. The van der Waals surface area contributed by atoms with Crippen molar-refractivity contribution in [1.29, 1.82) is 0 Å². The number of nitrogens with one attached hydrogen (secondary N) is 1. The quantitative estimate of drug-likeness (QED) is 0.520. The fourth-order valence-corrected chi connectivity index (χ4v) is 6.69. The van der Waals surface area contributed by atoms with Gasteiger partial charge in [-0.25, -0.2) is 9.78 Å². The number of amides is 4. The Bertz CT molecular complexity index is 1320. The zero-order valence-electron chi connectivity index (χ0n) is 24.3. The average Bonchev–Trinajstić information content (AvgIpc) is 3.58. The summed E-state index contributed by atoms with van der Waals surface area (Å²) in [5, 5.41) is 3.28. The largest absolute Gasteiger partial charge is 0.496 e. The standard InChI is InChI=1S/C28H37N5O6S2/c1-17-14-21(38-6)19(25(36)32-12-10-31(11-13-32)18(2)34)15-22(17)40-23-16-29-26(41-23)30-24(35)20-8-7-9-33(20)27(37)39-28(3,4)5/h14-16,20H,7-13H2,1-6H3,(H,29,30,35)/t20-/m0/s1. The van der Waals surface area contributed by atoms with E-state index in [4.69, 9.17) is 9.47 Å². The van der Waals surface area contributed by atoms with Crippen molar-refractivity contribution in [3.8, 4) is 5.75 Å². The smallest absolute Gasteiger partial charge is 0.410 e. The Labute approximate surface area is 248 Å². The molecule has 2 saturated heterocycles. The number of methoxy groups -OCH3 is 1. The van der Waals surface area contributed by atoms with Gasteiger partial charge in [0.15, 0.2) is 5.13 Å². The Morgan fingerprint density at radius 1 is 1.07 bits per heavy atom. The highest BCUT2D eigenvalue weighted by Gasteiger charge is 2.37. The van der Waals surface area contributed by atoms with Gasteiger partial charge in [0.05, 0.1) is 23.1 Å². The van der Waals surface area contributed by atoms with Crippen molar-refractivity contribution < 1.29 is 28.7 Å². The molecule has 1 aromatic heterocycles. The van der Waals surface area contributed by atoms with Crippen LogP contribution >= 0.6 is 23.1 Å². The molecule has 2 aliphatic rings. The van der Waals surface area contributed by atoms with E-state index in [1.807, 2.05) is 19.1 Å². The van der Waals surface area contributed by atoms with E-state index in [1.165, 1.54) is 34.9 Å². The number of anilines is 1. The van der Waals surface area contributed by atoms with Crippen LogP contribution in [-0.4, -0.2) is 95.0 Å². The second-order valence-electron chi connectivity index (χ2n) is 11.0. The number of hydrogen-bond acceptors (Lipinski definition) is 9. The molecule has 2 aliphatic heterocycles. The Hall–Kier alpha value is -3.32. The van der Waals surface area contributed by atoms with Gasteiger partial charge in [0.2, 0.25) is 11.8 Å². The van der Waals surface area contributed by atoms with Gasteiger partial charge in [0, 0.05) is 44.5 Å². The lowest BCUT2D eigenvalue weighted by Gasteiger charge is -2.34. The first kappa shape index (κ1) is 30.6. The topological polar surface area (TPSA) is 121 Å². The van der Waals surface area contributed by atoms with Crippen LogP contribution < -0.4 is 10.1 Å². The first-order chi connectivity index (χ1) is 19.4. The van der Waals surface area contributed by atoms with Crippen molar-refractivity contribution >= 4 is 52.0 Å². The predicted molar refractivity (Wildman–Crippen MR) is 157 cm³/mol. The molecule has 222 valence electrons. The molecule has 0 bridgehead atoms. The summed E-state index contributed by atoms with van der Waals surface area (Å²) in [6, 6.07) is 3.06. The summed E-state index contributed by atoms with van der Waals surface area (Å²) in [5.41, 5.74) is 0.748. The first-order valence-corrected chi connectivity index (χ1v) is 15.2. The number of aryl methyl sites for hydroxylation is 1. The number of aromatic nitrogens is 1. The van der Waals surface area contributed by atoms with E-state index in [0.717, 1.165) is 21.1 Å². The number of nitrogens with zero attached hydrogens (tertiary/aromatic N) is 4. The van der Waals surface area contributed by atoms with Gasteiger partial charge in [0.25, 0.3) is 5.91 Å². The van der Waals surface area contributed by atoms with Crippen LogP contribution in [0.1, 0.15) is 56.5 Å². The Balaban J connectivity index is 1.43. The van der Waals surface area contributed by atoms with Crippen LogP contribution in [0.4, 0.5) is 9.93 Å². The number of piperazine rings is 1. The number of rotatable bonds is 6. The molecule has 2 aromatic rings. The molecule has 3 heterocycles. The minimum Gasteiger partial charge on any atom is -0.496 e. The molecule has 4 amide bonds. The lowest BCUT2D eigenvalue weighted by atomic mass is 10.1. The van der Waals surface area contributed by atoms with Crippen molar-refractivity contribution in [3.63, 3.8) is 0 Å². The van der Waals surface area contributed by atoms with E-state index in [9.17, 15) is 19.2 Å². The summed E-state index contributed by atoms with van der Waals surface area (Å²) in [4.78, 5) is 60.9. The molecule has 2 fully saturated rings. The second kappa shape index (κ2) is 12.7. The van der Waals surface area contributed by atoms with Gasteiger partial charge in [-0.2, -0.15) is 0 Å². The van der Waals surface area contributed by atoms with Gasteiger partial charge >= 0.3 is 6.09 Å². The summed E-state index contributed by atoms with van der Waals surface area (Å²) in [6.07, 6.45) is 2.47. The predicted octanol–water partition coefficient (Wildman–Crippen LogP) is 4.25. The Morgan fingerprint density at radius 3 is 2.39 bits per heavy atom. The number of carbonyl (C=O) groups excluding carboxylic acids is 4. The van der Waals surface area contributed by atoms with Gasteiger partial charge in [0.1, 0.15) is 17.4 Å².